The molecule has 0 rings (SSSR count). The molecule has 0 spiro atoms. The summed E-state index contributed by atoms with van der Waals surface area (Å²) in [5, 5.41) is 2.48. The first kappa shape index (κ1) is 11.9. The van der Waals surface area contributed by atoms with E-state index in [1.165, 1.54) is 0 Å². The fourth-order valence-corrected chi connectivity index (χ4v) is 0.815. The van der Waals surface area contributed by atoms with E-state index in [-0.39, 0.29) is 5.91 Å². The second-order valence-corrected chi connectivity index (χ2v) is 2.94. The van der Waals surface area contributed by atoms with E-state index in [0.717, 1.165) is 12.8 Å². The van der Waals surface area contributed by atoms with Crippen LogP contribution in [0.2, 0.25) is 0 Å². The molecule has 0 saturated heterocycles. The minimum Gasteiger partial charge on any atom is -0.368 e. The third-order valence-corrected chi connectivity index (χ3v) is 1.66. The molecule has 0 saturated carbocycles. The third-order valence-electron chi connectivity index (χ3n) is 1.66. The first-order valence-electron chi connectivity index (χ1n) is 4.36. The minimum atomic E-state index is -0.592. The summed E-state index contributed by atoms with van der Waals surface area (Å²) in [5.41, 5.74) is 10.2. The Balaban J connectivity index is 3.56. The largest absolute Gasteiger partial charge is 0.368 e. The van der Waals surface area contributed by atoms with E-state index in [1.807, 2.05) is 0 Å². The van der Waals surface area contributed by atoms with Gasteiger partial charge < -0.3 is 16.8 Å². The van der Waals surface area contributed by atoms with Crippen molar-refractivity contribution in [3.8, 4) is 0 Å². The van der Waals surface area contributed by atoms with Gasteiger partial charge in [0.15, 0.2) is 0 Å². The van der Waals surface area contributed by atoms with Crippen molar-refractivity contribution in [1.29, 1.82) is 0 Å². The molecule has 13 heavy (non-hydrogen) atoms. The molecule has 1 atom stereocenters. The van der Waals surface area contributed by atoms with Crippen molar-refractivity contribution < 1.29 is 9.59 Å². The summed E-state index contributed by atoms with van der Waals surface area (Å²) in [4.78, 5) is 21.6. The lowest BCUT2D eigenvalue weighted by Gasteiger charge is -2.09. The van der Waals surface area contributed by atoms with Crippen LogP contribution in [-0.2, 0) is 9.59 Å². The Labute approximate surface area is 77.8 Å². The molecule has 5 nitrogen and oxygen atoms in total. The van der Waals surface area contributed by atoms with Crippen LogP contribution in [0.25, 0.3) is 0 Å². The van der Waals surface area contributed by atoms with E-state index in [9.17, 15) is 9.59 Å². The van der Waals surface area contributed by atoms with Crippen LogP contribution in [0, 0.1) is 0 Å². The number of nitrogens with two attached hydrogens (primary N) is 2. The number of primary amides is 1. The zero-order chi connectivity index (χ0) is 10.3. The second kappa shape index (κ2) is 6.42. The van der Waals surface area contributed by atoms with Crippen molar-refractivity contribution in [2.24, 2.45) is 11.5 Å². The molecule has 5 N–H and O–H groups in total. The topological polar surface area (TPSA) is 98.2 Å². The van der Waals surface area contributed by atoms with Crippen molar-refractivity contribution >= 4 is 11.8 Å². The van der Waals surface area contributed by atoms with Crippen molar-refractivity contribution in [3.05, 3.63) is 0 Å². The van der Waals surface area contributed by atoms with E-state index in [0.29, 0.717) is 13.0 Å². The highest BCUT2D eigenvalue weighted by Gasteiger charge is 2.10. The van der Waals surface area contributed by atoms with Crippen LogP contribution in [0.15, 0.2) is 0 Å². The summed E-state index contributed by atoms with van der Waals surface area (Å²) in [5.74, 6) is -0.674. The van der Waals surface area contributed by atoms with Crippen molar-refractivity contribution in [1.82, 2.24) is 5.32 Å². The van der Waals surface area contributed by atoms with E-state index in [4.69, 9.17) is 11.5 Å². The average Bonchev–Trinajstić information content (AvgIpc) is 2.04. The summed E-state index contributed by atoms with van der Waals surface area (Å²) in [6, 6.07) is -0.592. The van der Waals surface area contributed by atoms with Gasteiger partial charge in [-0.3, -0.25) is 9.59 Å². The van der Waals surface area contributed by atoms with Crippen LogP contribution in [0.1, 0.15) is 26.2 Å². The smallest absolute Gasteiger partial charge is 0.239 e. The van der Waals surface area contributed by atoms with Gasteiger partial charge in [-0.15, -0.1) is 0 Å². The van der Waals surface area contributed by atoms with E-state index in [2.05, 4.69) is 5.32 Å². The van der Waals surface area contributed by atoms with Crippen LogP contribution >= 0.6 is 0 Å². The summed E-state index contributed by atoms with van der Waals surface area (Å²) in [6.45, 7) is 2.14. The van der Waals surface area contributed by atoms with Crippen LogP contribution in [0.3, 0.4) is 0 Å². The summed E-state index contributed by atoms with van der Waals surface area (Å²) in [7, 11) is 0. The van der Waals surface area contributed by atoms with Gasteiger partial charge in [0.1, 0.15) is 6.04 Å². The van der Waals surface area contributed by atoms with Gasteiger partial charge in [0.05, 0.1) is 0 Å². The second-order valence-electron chi connectivity index (χ2n) is 2.94. The lowest BCUT2D eigenvalue weighted by Crippen LogP contribution is -2.42. The Hall–Kier alpha value is -1.10. The molecule has 2 amide bonds. The Morgan fingerprint density at radius 3 is 2.46 bits per heavy atom. The van der Waals surface area contributed by atoms with Crippen LogP contribution in [-0.4, -0.2) is 24.4 Å². The van der Waals surface area contributed by atoms with Gasteiger partial charge >= 0.3 is 0 Å². The third kappa shape index (κ3) is 6.10. The summed E-state index contributed by atoms with van der Waals surface area (Å²) in [6.07, 6.45) is 1.96. The maximum Gasteiger partial charge on any atom is 0.239 e. The fourth-order valence-electron chi connectivity index (χ4n) is 0.815. The molecule has 0 aliphatic heterocycles. The molecule has 0 fully saturated rings. The molecule has 0 aliphatic carbocycles. The van der Waals surface area contributed by atoms with Gasteiger partial charge in [0.2, 0.25) is 11.8 Å². The Morgan fingerprint density at radius 1 is 1.38 bits per heavy atom. The Morgan fingerprint density at radius 2 is 2.00 bits per heavy atom. The number of unbranched alkanes of at least 4 members (excludes halogenated alkanes) is 1. The maximum absolute atomic E-state index is 11.1. The zero-order valence-electron chi connectivity index (χ0n) is 7.88. The predicted molar refractivity (Wildman–Crippen MR) is 49.7 cm³/mol. The normalized spacial score (nSPS) is 12.2. The van der Waals surface area contributed by atoms with Crippen molar-refractivity contribution in [2.75, 3.05) is 6.54 Å². The number of nitrogens with one attached hydrogen (secondary N) is 1. The maximum atomic E-state index is 11.1. The molecule has 0 aliphatic rings. The molecule has 0 aromatic rings. The molecule has 0 aromatic heterocycles. The first-order valence-corrected chi connectivity index (χ1v) is 4.36. The first-order chi connectivity index (χ1) is 6.07. The van der Waals surface area contributed by atoms with E-state index in [1.54, 1.807) is 6.92 Å². The van der Waals surface area contributed by atoms with Gasteiger partial charge in [0.25, 0.3) is 0 Å². The van der Waals surface area contributed by atoms with Crippen LogP contribution < -0.4 is 16.8 Å². The molecule has 0 aromatic carbocycles. The molecule has 5 heteroatoms. The van der Waals surface area contributed by atoms with Crippen molar-refractivity contribution in [2.45, 2.75) is 32.2 Å². The number of hydrogen-bond donors (Lipinski definition) is 3. The van der Waals surface area contributed by atoms with Gasteiger partial charge in [-0.2, -0.15) is 0 Å². The molecular formula is C8H17N3O2. The quantitative estimate of drug-likeness (QED) is 0.470. The van der Waals surface area contributed by atoms with Crippen molar-refractivity contribution in [3.63, 3.8) is 0 Å². The van der Waals surface area contributed by atoms with Gasteiger partial charge in [-0.1, -0.05) is 0 Å². The highest BCUT2D eigenvalue weighted by molar-refractivity contribution is 5.86. The number of hydrogen-bond acceptors (Lipinski definition) is 3. The van der Waals surface area contributed by atoms with Gasteiger partial charge in [-0.05, 0) is 26.3 Å². The number of amides is 2. The predicted octanol–water partition coefficient (Wildman–Crippen LogP) is -0.895. The fraction of sp³-hybridized carbons (Fsp3) is 0.750. The van der Waals surface area contributed by atoms with Crippen LogP contribution in [0.5, 0.6) is 0 Å². The lowest BCUT2D eigenvalue weighted by molar-refractivity contribution is -0.127. The number of carbonyl (C=O) groups excluding carboxylic acids is 2. The van der Waals surface area contributed by atoms with E-state index < -0.39 is 11.9 Å². The molecule has 0 heterocycles. The summed E-state index contributed by atoms with van der Waals surface area (Å²) >= 11 is 0. The number of carbonyl (C=O) groups is 2. The van der Waals surface area contributed by atoms with Gasteiger partial charge in [0, 0.05) is 6.42 Å². The molecular weight excluding hydrogens is 170 g/mol. The van der Waals surface area contributed by atoms with E-state index >= 15 is 0 Å². The van der Waals surface area contributed by atoms with Crippen LogP contribution in [0.4, 0.5) is 0 Å². The number of rotatable bonds is 6. The molecule has 0 bridgehead atoms. The Kier molecular flexibility index (Phi) is 5.88. The zero-order valence-corrected chi connectivity index (χ0v) is 7.88. The molecule has 1 unspecified atom stereocenters. The highest BCUT2D eigenvalue weighted by atomic mass is 16.2. The Bertz CT molecular complexity index is 182. The molecule has 76 valence electrons. The SMILES string of the molecule is CC(NC(=O)CCCCN)C(N)=O. The minimum absolute atomic E-state index is 0.153. The molecule has 0 radical (unpaired) electrons. The lowest BCUT2D eigenvalue weighted by atomic mass is 10.2. The standard InChI is InChI=1S/C8H17N3O2/c1-6(8(10)13)11-7(12)4-2-3-5-9/h6H,2-5,9H2,1H3,(H2,10,13)(H,11,12). The average molecular weight is 187 g/mol. The summed E-state index contributed by atoms with van der Waals surface area (Å²) < 4.78 is 0. The monoisotopic (exact) mass is 187 g/mol. The van der Waals surface area contributed by atoms with Gasteiger partial charge in [-0.25, -0.2) is 0 Å². The highest BCUT2D eigenvalue weighted by Crippen LogP contribution is 1.93.